The zero-order valence-corrected chi connectivity index (χ0v) is 32.5. The minimum atomic E-state index is -2.44. The molecule has 2 aromatic heterocycles. The first kappa shape index (κ1) is 32.6. The van der Waals surface area contributed by atoms with E-state index in [1.807, 2.05) is 0 Å². The number of nitrogens with zero attached hydrogens (tertiary/aromatic N) is 2. The van der Waals surface area contributed by atoms with Crippen LogP contribution in [-0.2, 0) is 11.8 Å². The van der Waals surface area contributed by atoms with Crippen LogP contribution in [0, 0.1) is 0 Å². The van der Waals surface area contributed by atoms with E-state index >= 15 is 0 Å². The smallest absolute Gasteiger partial charge is 0.146 e. The summed E-state index contributed by atoms with van der Waals surface area (Å²) in [7, 11) is 0. The molecule has 2 heterocycles. The summed E-state index contributed by atoms with van der Waals surface area (Å²) >= 11 is 6.97. The third-order valence-corrected chi connectivity index (χ3v) is 16.9. The second-order valence-electron chi connectivity index (χ2n) is 15.1. The van der Waals surface area contributed by atoms with E-state index in [4.69, 9.17) is 16.8 Å². The molecule has 266 valence electrons. The van der Waals surface area contributed by atoms with E-state index in [0.29, 0.717) is 0 Å². The standard InChI is InChI=1S/C53H33N2PS/c57-56(43-24-19-34-9-1-3-12-37(34)30-43,44-25-20-35-10-2-4-13-38(35)31-44)45-26-21-40-29-39(17-18-41(40)32-45)42-23-27-47-51(33-42)55-50-16-8-7-15-49(50)54-53(55)48-28-22-36-11-5-6-14-46(36)52(47)48/h1-33H. The number of pyridine rings is 1. The fraction of sp³-hybridized carbons (Fsp3) is 0. The van der Waals surface area contributed by atoms with Crippen molar-refractivity contribution in [2.24, 2.45) is 0 Å². The van der Waals surface area contributed by atoms with Crippen LogP contribution in [0.15, 0.2) is 200 Å². The normalized spacial score (nSPS) is 12.3. The summed E-state index contributed by atoms with van der Waals surface area (Å²) in [6.07, 6.45) is 0. The molecular weight excluding hydrogens is 728 g/mol. The molecule has 2 nitrogen and oxygen atoms in total. The van der Waals surface area contributed by atoms with Crippen LogP contribution in [0.4, 0.5) is 0 Å². The second-order valence-corrected chi connectivity index (χ2v) is 19.5. The van der Waals surface area contributed by atoms with Crippen molar-refractivity contribution in [3.63, 3.8) is 0 Å². The van der Waals surface area contributed by atoms with E-state index in [9.17, 15) is 0 Å². The van der Waals surface area contributed by atoms with Gasteiger partial charge in [0, 0.05) is 22.2 Å². The Kier molecular flexibility index (Phi) is 7.11. The second kappa shape index (κ2) is 12.4. The third kappa shape index (κ3) is 4.96. The van der Waals surface area contributed by atoms with Gasteiger partial charge >= 0.3 is 0 Å². The summed E-state index contributed by atoms with van der Waals surface area (Å²) in [5.74, 6) is 0. The molecule has 12 aromatic rings. The summed E-state index contributed by atoms with van der Waals surface area (Å²) in [6, 6.07) is 70.7. The number of benzene rings is 10. The van der Waals surface area contributed by atoms with Crippen molar-refractivity contribution in [1.29, 1.82) is 0 Å². The van der Waals surface area contributed by atoms with Crippen LogP contribution in [0.3, 0.4) is 0 Å². The van der Waals surface area contributed by atoms with Gasteiger partial charge in [-0.05, 0) is 119 Å². The molecular formula is C53H33N2PS. The van der Waals surface area contributed by atoms with Crippen LogP contribution in [0.2, 0.25) is 0 Å². The lowest BCUT2D eigenvalue weighted by molar-refractivity contribution is 1.32. The maximum Gasteiger partial charge on any atom is 0.146 e. The predicted molar refractivity (Wildman–Crippen MR) is 249 cm³/mol. The van der Waals surface area contributed by atoms with Crippen molar-refractivity contribution in [1.82, 2.24) is 9.38 Å². The highest BCUT2D eigenvalue weighted by Gasteiger charge is 2.26. The molecule has 0 radical (unpaired) electrons. The first-order valence-electron chi connectivity index (χ1n) is 19.4. The zero-order valence-electron chi connectivity index (χ0n) is 30.8. The van der Waals surface area contributed by atoms with Crippen molar-refractivity contribution < 1.29 is 0 Å². The minimum Gasteiger partial charge on any atom is -0.292 e. The Morgan fingerprint density at radius 1 is 0.368 bits per heavy atom. The summed E-state index contributed by atoms with van der Waals surface area (Å²) in [5, 5.41) is 17.0. The highest BCUT2D eigenvalue weighted by Crippen LogP contribution is 2.45. The Morgan fingerprint density at radius 3 is 1.58 bits per heavy atom. The largest absolute Gasteiger partial charge is 0.292 e. The average Bonchev–Trinajstić information content (AvgIpc) is 3.68. The molecule has 0 aliphatic carbocycles. The van der Waals surface area contributed by atoms with E-state index in [-0.39, 0.29) is 0 Å². The molecule has 0 spiro atoms. The van der Waals surface area contributed by atoms with E-state index in [2.05, 4.69) is 205 Å². The average molecular weight is 761 g/mol. The van der Waals surface area contributed by atoms with Crippen molar-refractivity contribution in [3.8, 4) is 11.1 Å². The molecule has 0 N–H and O–H groups in total. The topological polar surface area (TPSA) is 17.3 Å². The van der Waals surface area contributed by atoms with Gasteiger partial charge in [-0.25, -0.2) is 4.98 Å². The molecule has 0 bridgehead atoms. The van der Waals surface area contributed by atoms with Crippen LogP contribution in [-0.4, -0.2) is 9.38 Å². The first-order valence-corrected chi connectivity index (χ1v) is 22.2. The molecule has 0 aliphatic rings. The fourth-order valence-corrected chi connectivity index (χ4v) is 12.8. The van der Waals surface area contributed by atoms with E-state index in [1.54, 1.807) is 0 Å². The van der Waals surface area contributed by atoms with Crippen LogP contribution >= 0.6 is 6.04 Å². The van der Waals surface area contributed by atoms with Crippen LogP contribution in [0.5, 0.6) is 0 Å². The molecule has 0 saturated carbocycles. The Balaban J connectivity index is 1.04. The van der Waals surface area contributed by atoms with Gasteiger partial charge in [-0.2, -0.15) is 0 Å². The van der Waals surface area contributed by atoms with E-state index in [0.717, 1.165) is 22.2 Å². The van der Waals surface area contributed by atoms with Gasteiger partial charge in [0.05, 0.1) is 16.6 Å². The summed E-state index contributed by atoms with van der Waals surface area (Å²) in [4.78, 5) is 5.20. The van der Waals surface area contributed by atoms with Gasteiger partial charge in [0.15, 0.2) is 0 Å². The molecule has 10 aromatic carbocycles. The van der Waals surface area contributed by atoms with Crippen molar-refractivity contribution >= 4 is 115 Å². The summed E-state index contributed by atoms with van der Waals surface area (Å²) in [5.41, 5.74) is 6.60. The molecule has 0 atom stereocenters. The van der Waals surface area contributed by atoms with Gasteiger partial charge < -0.3 is 0 Å². The highest BCUT2D eigenvalue weighted by atomic mass is 32.4. The fourth-order valence-electron chi connectivity index (χ4n) is 9.11. The Hall–Kier alpha value is -6.64. The number of hydrogen-bond donors (Lipinski definition) is 0. The van der Waals surface area contributed by atoms with E-state index < -0.39 is 6.04 Å². The Labute approximate surface area is 334 Å². The van der Waals surface area contributed by atoms with Gasteiger partial charge in [-0.3, -0.25) is 4.40 Å². The maximum atomic E-state index is 6.97. The summed E-state index contributed by atoms with van der Waals surface area (Å²) < 4.78 is 2.35. The predicted octanol–water partition coefficient (Wildman–Crippen LogP) is 12.8. The molecule has 12 rings (SSSR count). The quantitative estimate of drug-likeness (QED) is 0.131. The van der Waals surface area contributed by atoms with Crippen LogP contribution in [0.25, 0.3) is 92.6 Å². The van der Waals surface area contributed by atoms with Crippen molar-refractivity contribution in [2.45, 2.75) is 0 Å². The molecule has 0 saturated heterocycles. The number of imidazole rings is 1. The van der Waals surface area contributed by atoms with Gasteiger partial charge in [0.1, 0.15) is 5.65 Å². The van der Waals surface area contributed by atoms with Gasteiger partial charge in [0.2, 0.25) is 0 Å². The molecule has 0 aliphatic heterocycles. The van der Waals surface area contributed by atoms with Gasteiger partial charge in [-0.1, -0.05) is 163 Å². The third-order valence-electron chi connectivity index (χ3n) is 12.0. The van der Waals surface area contributed by atoms with Gasteiger partial charge in [-0.15, -0.1) is 0 Å². The Morgan fingerprint density at radius 2 is 0.860 bits per heavy atom. The molecule has 57 heavy (non-hydrogen) atoms. The monoisotopic (exact) mass is 760 g/mol. The number of rotatable bonds is 4. The lowest BCUT2D eigenvalue weighted by Crippen LogP contribution is -2.25. The lowest BCUT2D eigenvalue weighted by atomic mass is 9.96. The zero-order chi connectivity index (χ0) is 37.7. The van der Waals surface area contributed by atoms with E-state index in [1.165, 1.54) is 86.3 Å². The lowest BCUT2D eigenvalue weighted by Gasteiger charge is -2.25. The molecule has 0 unspecified atom stereocenters. The number of aromatic nitrogens is 2. The number of hydrogen-bond acceptors (Lipinski definition) is 2. The summed E-state index contributed by atoms with van der Waals surface area (Å²) in [6.45, 7) is 0. The minimum absolute atomic E-state index is 0.987. The first-order chi connectivity index (χ1) is 28.1. The molecule has 0 amide bonds. The van der Waals surface area contributed by atoms with Crippen LogP contribution in [0.1, 0.15) is 0 Å². The number of fused-ring (bicyclic) bond motifs is 13. The molecule has 0 fully saturated rings. The SMILES string of the molecule is S=P(c1ccc2ccccc2c1)(c1ccc2ccccc2c1)c1ccc2cc(-c3ccc4c5c6ccccc6ccc5c5nc6ccccc6n5c4c3)ccc2c1. The van der Waals surface area contributed by atoms with Crippen LogP contribution < -0.4 is 15.9 Å². The molecule has 4 heteroatoms. The Bertz CT molecular complexity index is 3610. The maximum absolute atomic E-state index is 6.97. The number of para-hydroxylation sites is 2. The van der Waals surface area contributed by atoms with Crippen molar-refractivity contribution in [2.75, 3.05) is 0 Å². The van der Waals surface area contributed by atoms with Gasteiger partial charge in [0.25, 0.3) is 0 Å². The highest BCUT2D eigenvalue weighted by molar-refractivity contribution is 8.25. The van der Waals surface area contributed by atoms with Crippen molar-refractivity contribution in [3.05, 3.63) is 200 Å².